The first-order valence-electron chi connectivity index (χ1n) is 12.0. The van der Waals surface area contributed by atoms with E-state index in [-0.39, 0.29) is 12.5 Å². The average molecular weight is 532 g/mol. The van der Waals surface area contributed by atoms with Crippen LogP contribution in [0.2, 0.25) is 0 Å². The van der Waals surface area contributed by atoms with Crippen molar-refractivity contribution in [2.75, 3.05) is 11.9 Å². The molecule has 0 saturated heterocycles. The number of thiol groups is 1. The molecule has 1 atom stereocenters. The molecule has 0 aliphatic carbocycles. The van der Waals surface area contributed by atoms with Crippen LogP contribution in [0.4, 0.5) is 5.69 Å². The second-order valence-corrected chi connectivity index (χ2v) is 8.87. The molecular weight excluding hydrogens is 490 g/mol. The first kappa shape index (κ1) is 33.6. The summed E-state index contributed by atoms with van der Waals surface area (Å²) < 4.78 is 0. The third kappa shape index (κ3) is 14.7. The monoisotopic (exact) mass is 531 g/mol. The number of hydrogen-bond donors (Lipinski definition) is 6. The summed E-state index contributed by atoms with van der Waals surface area (Å²) in [5.74, 6) is 3.67. The fourth-order valence-corrected chi connectivity index (χ4v) is 3.07. The van der Waals surface area contributed by atoms with Gasteiger partial charge in [-0.2, -0.15) is 0 Å². The topological polar surface area (TPSA) is 169 Å². The first-order chi connectivity index (χ1) is 17.5. The molecule has 0 bridgehead atoms. The van der Waals surface area contributed by atoms with Crippen molar-refractivity contribution in [3.05, 3.63) is 76.5 Å². The molecule has 8 N–H and O–H groups in total. The molecule has 0 heterocycles. The lowest BCUT2D eigenvalue weighted by atomic mass is 9.95. The van der Waals surface area contributed by atoms with Crippen molar-refractivity contribution in [1.82, 2.24) is 10.4 Å². The van der Waals surface area contributed by atoms with Crippen LogP contribution >= 0.6 is 12.6 Å². The molecule has 1 unspecified atom stereocenters. The maximum absolute atomic E-state index is 12.4. The lowest BCUT2D eigenvalue weighted by Crippen LogP contribution is -2.36. The van der Waals surface area contributed by atoms with Crippen molar-refractivity contribution >= 4 is 30.1 Å². The molecule has 2 amide bonds. The second kappa shape index (κ2) is 18.8. The Morgan fingerprint density at radius 1 is 1.05 bits per heavy atom. The first-order valence-corrected chi connectivity index (χ1v) is 12.5. The zero-order chi connectivity index (χ0) is 28.4. The van der Waals surface area contributed by atoms with Gasteiger partial charge in [0.2, 0.25) is 5.91 Å². The predicted molar refractivity (Wildman–Crippen MR) is 153 cm³/mol. The number of nitrogens with zero attached hydrogens (tertiary/aromatic N) is 2. The minimum atomic E-state index is -1.01. The number of carbonyl (C=O) groups is 2. The summed E-state index contributed by atoms with van der Waals surface area (Å²) in [6, 6.07) is 15.0. The fraction of sp³-hybridized carbons (Fsp3) is 0.385. The number of rotatable bonds is 10. The Morgan fingerprint density at radius 3 is 2.08 bits per heavy atom. The molecule has 0 aromatic heterocycles. The Labute approximate surface area is 225 Å². The van der Waals surface area contributed by atoms with E-state index in [2.05, 4.69) is 30.2 Å². The summed E-state index contributed by atoms with van der Waals surface area (Å²) in [4.78, 5) is 35.6. The Kier molecular flexibility index (Phi) is 17.1. The summed E-state index contributed by atoms with van der Waals surface area (Å²) in [5, 5.41) is 6.43. The quantitative estimate of drug-likeness (QED) is 0.0889. The molecule has 10 nitrogen and oxygen atoms in total. The molecule has 0 fully saturated rings. The molecule has 0 saturated carbocycles. The average Bonchev–Trinajstić information content (AvgIpc) is 2.87. The van der Waals surface area contributed by atoms with Gasteiger partial charge in [0.1, 0.15) is 5.92 Å². The molecule has 11 heteroatoms. The number of hydrazine groups is 1. The lowest BCUT2D eigenvalue weighted by Gasteiger charge is -2.17. The number of anilines is 1. The number of amides is 2. The van der Waals surface area contributed by atoms with Gasteiger partial charge in [-0.1, -0.05) is 57.5 Å². The highest BCUT2D eigenvalue weighted by Gasteiger charge is 2.27. The fourth-order valence-electron chi connectivity index (χ4n) is 2.92. The van der Waals surface area contributed by atoms with E-state index in [1.807, 2.05) is 52.0 Å². The van der Waals surface area contributed by atoms with Gasteiger partial charge in [0.15, 0.2) is 0 Å². The van der Waals surface area contributed by atoms with E-state index in [9.17, 15) is 14.5 Å². The lowest BCUT2D eigenvalue weighted by molar-refractivity contribution is -0.133. The van der Waals surface area contributed by atoms with Crippen LogP contribution in [0, 0.1) is 23.7 Å². The number of aryl methyl sites for hydroxylation is 1. The van der Waals surface area contributed by atoms with E-state index in [0.29, 0.717) is 24.4 Å². The number of benzene rings is 2. The van der Waals surface area contributed by atoms with Crippen LogP contribution in [0.25, 0.3) is 0 Å². The van der Waals surface area contributed by atoms with Crippen molar-refractivity contribution in [3.63, 3.8) is 0 Å². The molecule has 0 spiro atoms. The molecule has 204 valence electrons. The maximum Gasteiger partial charge on any atom is 0.255 e. The third-order valence-corrected chi connectivity index (χ3v) is 4.98. The number of nitrogens with one attached hydrogen (secondary N) is 2. The van der Waals surface area contributed by atoms with Gasteiger partial charge in [0, 0.05) is 29.0 Å². The van der Waals surface area contributed by atoms with Crippen LogP contribution in [0.1, 0.15) is 45.2 Å². The molecule has 37 heavy (non-hydrogen) atoms. The number of nitrogens with two attached hydrogens (primary N) is 3. The van der Waals surface area contributed by atoms with Gasteiger partial charge in [0.25, 0.3) is 5.91 Å². The van der Waals surface area contributed by atoms with Crippen LogP contribution in [-0.4, -0.2) is 23.4 Å². The summed E-state index contributed by atoms with van der Waals surface area (Å²) >= 11 is 4.13. The van der Waals surface area contributed by atoms with Gasteiger partial charge in [0.05, 0.1) is 11.8 Å². The Bertz CT molecular complexity index is 960. The molecule has 0 radical (unpaired) electrons. The van der Waals surface area contributed by atoms with Crippen LogP contribution in [0.5, 0.6) is 0 Å². The minimum Gasteiger partial charge on any atom is -0.400 e. The SMILES string of the molecule is CC.CC(C)CC(C(=O)NN=O)C(=O)Nc1ccc(CN(N)/C=C(\N)CN)cc1.Cc1ccc(S)cc1. The van der Waals surface area contributed by atoms with Gasteiger partial charge >= 0.3 is 0 Å². The molecule has 2 aromatic rings. The van der Waals surface area contributed by atoms with Gasteiger partial charge in [-0.15, -0.1) is 17.5 Å². The highest BCUT2D eigenvalue weighted by atomic mass is 32.1. The predicted octanol–water partition coefficient (Wildman–Crippen LogP) is 3.83. The molecule has 0 aliphatic rings. The van der Waals surface area contributed by atoms with Crippen molar-refractivity contribution in [3.8, 4) is 0 Å². The second-order valence-electron chi connectivity index (χ2n) is 8.35. The summed E-state index contributed by atoms with van der Waals surface area (Å²) in [6.07, 6.45) is 1.84. The smallest absolute Gasteiger partial charge is 0.255 e. The third-order valence-electron chi connectivity index (χ3n) is 4.68. The molecule has 2 rings (SSSR count). The number of carbonyl (C=O) groups excluding carboxylic acids is 2. The Morgan fingerprint density at radius 2 is 1.62 bits per heavy atom. The van der Waals surface area contributed by atoms with E-state index in [1.165, 1.54) is 10.6 Å². The van der Waals surface area contributed by atoms with E-state index < -0.39 is 17.7 Å². The normalized spacial score (nSPS) is 11.2. The highest BCUT2D eigenvalue weighted by Crippen LogP contribution is 2.17. The zero-order valence-electron chi connectivity index (χ0n) is 22.3. The largest absolute Gasteiger partial charge is 0.400 e. The standard InChI is InChI=1S/C17H27N7O3.C7H8S.C2H6/c1-11(2)7-15(17(26)22-23-27)16(25)21-14-5-3-12(4-6-14)9-24(20)10-13(19)8-18;1-6-2-4-7(8)5-3-6;1-2/h3-6,10-11,15H,7-9,18-20H2,1-2H3,(H,21,25)(H,22,26,27);2-5,8H,1H3;1-2H3/b13-10-;;. The van der Waals surface area contributed by atoms with Gasteiger partial charge in [-0.05, 0) is 49.1 Å². The van der Waals surface area contributed by atoms with Crippen LogP contribution in [0.15, 0.2) is 70.6 Å². The van der Waals surface area contributed by atoms with Crippen molar-refractivity contribution < 1.29 is 9.59 Å². The van der Waals surface area contributed by atoms with Crippen molar-refractivity contribution in [1.29, 1.82) is 0 Å². The zero-order valence-corrected chi connectivity index (χ0v) is 23.2. The van der Waals surface area contributed by atoms with Crippen LogP contribution in [0.3, 0.4) is 0 Å². The van der Waals surface area contributed by atoms with E-state index >= 15 is 0 Å². The van der Waals surface area contributed by atoms with Gasteiger partial charge in [-0.25, -0.2) is 11.3 Å². The van der Waals surface area contributed by atoms with Crippen molar-refractivity contribution in [2.45, 2.75) is 52.5 Å². The summed E-state index contributed by atoms with van der Waals surface area (Å²) in [5.41, 5.74) is 16.0. The number of hydrogen-bond acceptors (Lipinski definition) is 9. The van der Waals surface area contributed by atoms with Gasteiger partial charge < -0.3 is 21.8 Å². The Hall–Kier alpha value is -3.41. The molecule has 0 aliphatic heterocycles. The van der Waals surface area contributed by atoms with E-state index in [1.54, 1.807) is 35.9 Å². The Balaban J connectivity index is 0.00000108. The van der Waals surface area contributed by atoms with E-state index in [0.717, 1.165) is 10.5 Å². The van der Waals surface area contributed by atoms with E-state index in [4.69, 9.17) is 17.3 Å². The minimum absolute atomic E-state index is 0.0880. The van der Waals surface area contributed by atoms with Gasteiger partial charge in [-0.3, -0.25) is 9.59 Å². The van der Waals surface area contributed by atoms with Crippen LogP contribution in [-0.2, 0) is 16.1 Å². The highest BCUT2D eigenvalue weighted by molar-refractivity contribution is 7.80. The van der Waals surface area contributed by atoms with Crippen LogP contribution < -0.4 is 28.1 Å². The molecular formula is C26H41N7O3S. The molecule has 2 aromatic carbocycles. The number of nitroso groups, excluding NO2 is 1. The maximum atomic E-state index is 12.4. The summed E-state index contributed by atoms with van der Waals surface area (Å²) in [6.45, 7) is 10.4. The summed E-state index contributed by atoms with van der Waals surface area (Å²) in [7, 11) is 0. The van der Waals surface area contributed by atoms with Crippen molar-refractivity contribution in [2.24, 2.45) is 34.4 Å².